The van der Waals surface area contributed by atoms with E-state index in [9.17, 15) is 14.7 Å². The first-order chi connectivity index (χ1) is 9.40. The number of likely N-dealkylation sites (tertiary alicyclic amines) is 1. The second kappa shape index (κ2) is 5.32. The number of carboxylic acid groups (broad SMARTS) is 1. The van der Waals surface area contributed by atoms with Gasteiger partial charge in [-0.3, -0.25) is 4.79 Å². The van der Waals surface area contributed by atoms with Crippen molar-refractivity contribution in [1.82, 2.24) is 4.90 Å². The molecular weight excluding hydrogens is 282 g/mol. The maximum atomic E-state index is 12.5. The second-order valence-corrected chi connectivity index (χ2v) is 5.40. The molecule has 1 aliphatic heterocycles. The van der Waals surface area contributed by atoms with Crippen LogP contribution in [0.1, 0.15) is 30.1 Å². The number of halogens is 1. The molecule has 0 aromatic heterocycles. The Hall–Kier alpha value is -1.75. The zero-order chi connectivity index (χ0) is 14.9. The average Bonchev–Trinajstić information content (AvgIpc) is 2.82. The maximum Gasteiger partial charge on any atom is 0.329 e. The molecule has 1 aromatic carbocycles. The number of rotatable bonds is 3. The molecule has 1 saturated heterocycles. The van der Waals surface area contributed by atoms with Crippen molar-refractivity contribution >= 4 is 23.5 Å². The summed E-state index contributed by atoms with van der Waals surface area (Å²) in [5.74, 6) is -0.902. The molecule has 0 spiro atoms. The fraction of sp³-hybridized carbons (Fsp3) is 0.429. The number of carbonyl (C=O) groups is 2. The minimum absolute atomic E-state index is 0.317. The molecule has 0 bridgehead atoms. The van der Waals surface area contributed by atoms with Crippen LogP contribution in [0, 0.1) is 0 Å². The fourth-order valence-corrected chi connectivity index (χ4v) is 2.65. The lowest BCUT2D eigenvalue weighted by molar-refractivity contribution is -0.147. The first-order valence-electron chi connectivity index (χ1n) is 6.29. The first-order valence-corrected chi connectivity index (χ1v) is 6.67. The molecule has 1 N–H and O–H groups in total. The van der Waals surface area contributed by atoms with Crippen molar-refractivity contribution in [2.75, 3.05) is 13.7 Å². The van der Waals surface area contributed by atoms with Crippen LogP contribution in [0.5, 0.6) is 5.75 Å². The maximum absolute atomic E-state index is 12.5. The molecule has 6 heteroatoms. The summed E-state index contributed by atoms with van der Waals surface area (Å²) in [6.07, 6.45) is 1.14. The van der Waals surface area contributed by atoms with Gasteiger partial charge in [0, 0.05) is 12.1 Å². The third kappa shape index (κ3) is 2.33. The summed E-state index contributed by atoms with van der Waals surface area (Å²) in [5.41, 5.74) is -0.773. The normalized spacial score (nSPS) is 21.9. The molecule has 1 aliphatic rings. The molecule has 5 nitrogen and oxygen atoms in total. The zero-order valence-corrected chi connectivity index (χ0v) is 12.1. The second-order valence-electron chi connectivity index (χ2n) is 4.99. The number of hydrogen-bond donors (Lipinski definition) is 1. The monoisotopic (exact) mass is 297 g/mol. The van der Waals surface area contributed by atoms with Crippen molar-refractivity contribution in [2.45, 2.75) is 25.3 Å². The van der Waals surface area contributed by atoms with Crippen LogP contribution in [0.3, 0.4) is 0 Å². The number of aliphatic carboxylic acids is 1. The van der Waals surface area contributed by atoms with Crippen LogP contribution < -0.4 is 4.74 Å². The standard InChI is InChI=1S/C14H16ClNO4/c1-14(13(18)19)6-3-7-16(14)12(17)9-4-5-10(15)11(8-9)20-2/h4-5,8H,3,6-7H2,1-2H3,(H,18,19)/t14-/m0/s1. The number of nitrogens with zero attached hydrogens (tertiary/aromatic N) is 1. The number of ether oxygens (including phenoxy) is 1. The van der Waals surface area contributed by atoms with E-state index in [0.717, 1.165) is 0 Å². The van der Waals surface area contributed by atoms with Crippen LogP contribution in [-0.4, -0.2) is 41.1 Å². The summed E-state index contributed by atoms with van der Waals surface area (Å²) >= 11 is 5.92. The molecule has 0 radical (unpaired) electrons. The largest absolute Gasteiger partial charge is 0.495 e. The van der Waals surface area contributed by atoms with Gasteiger partial charge < -0.3 is 14.7 Å². The molecule has 0 aliphatic carbocycles. The molecular formula is C14H16ClNO4. The molecule has 0 saturated carbocycles. The van der Waals surface area contributed by atoms with Crippen molar-refractivity contribution in [3.05, 3.63) is 28.8 Å². The number of amides is 1. The van der Waals surface area contributed by atoms with Gasteiger partial charge >= 0.3 is 5.97 Å². The van der Waals surface area contributed by atoms with Crippen molar-refractivity contribution in [1.29, 1.82) is 0 Å². The van der Waals surface area contributed by atoms with Gasteiger partial charge in [0.15, 0.2) is 0 Å². The van der Waals surface area contributed by atoms with Gasteiger partial charge in [-0.05, 0) is 38.0 Å². The Kier molecular flexibility index (Phi) is 3.90. The van der Waals surface area contributed by atoms with Crippen molar-refractivity contribution in [3.8, 4) is 5.75 Å². The van der Waals surface area contributed by atoms with Gasteiger partial charge in [0.1, 0.15) is 11.3 Å². The van der Waals surface area contributed by atoms with E-state index in [0.29, 0.717) is 35.7 Å². The summed E-state index contributed by atoms with van der Waals surface area (Å²) in [7, 11) is 1.46. The molecule has 0 unspecified atom stereocenters. The molecule has 2 rings (SSSR count). The molecule has 1 amide bonds. The minimum atomic E-state index is -1.15. The van der Waals surface area contributed by atoms with Gasteiger partial charge in [-0.1, -0.05) is 11.6 Å². The van der Waals surface area contributed by atoms with Crippen LogP contribution in [0.2, 0.25) is 5.02 Å². The Labute approximate surface area is 122 Å². The van der Waals surface area contributed by atoms with E-state index in [4.69, 9.17) is 16.3 Å². The molecule has 1 fully saturated rings. The van der Waals surface area contributed by atoms with E-state index in [2.05, 4.69) is 0 Å². The highest BCUT2D eigenvalue weighted by Gasteiger charge is 2.46. The van der Waals surface area contributed by atoms with Gasteiger partial charge in [0.25, 0.3) is 5.91 Å². The lowest BCUT2D eigenvalue weighted by atomic mass is 9.98. The Morgan fingerprint density at radius 3 is 2.75 bits per heavy atom. The van der Waals surface area contributed by atoms with Crippen LogP contribution in [0.15, 0.2) is 18.2 Å². The number of hydrogen-bond acceptors (Lipinski definition) is 3. The summed E-state index contributed by atoms with van der Waals surface area (Å²) in [4.78, 5) is 25.3. The SMILES string of the molecule is COc1cc(C(=O)N2CCC[C@@]2(C)C(=O)O)ccc1Cl. The highest BCUT2D eigenvalue weighted by Crippen LogP contribution is 2.32. The third-order valence-electron chi connectivity index (χ3n) is 3.74. The van der Waals surface area contributed by atoms with Gasteiger partial charge in [-0.25, -0.2) is 4.79 Å². The Balaban J connectivity index is 2.34. The molecule has 1 atom stereocenters. The Bertz CT molecular complexity index is 560. The van der Waals surface area contributed by atoms with Crippen LogP contribution in [0.25, 0.3) is 0 Å². The van der Waals surface area contributed by atoms with Crippen LogP contribution in [-0.2, 0) is 4.79 Å². The predicted molar refractivity (Wildman–Crippen MR) is 74.3 cm³/mol. The third-order valence-corrected chi connectivity index (χ3v) is 4.06. The van der Waals surface area contributed by atoms with Gasteiger partial charge in [0.05, 0.1) is 12.1 Å². The van der Waals surface area contributed by atoms with E-state index in [1.165, 1.54) is 18.1 Å². The highest BCUT2D eigenvalue weighted by atomic mass is 35.5. The van der Waals surface area contributed by atoms with Crippen molar-refractivity contribution in [2.24, 2.45) is 0 Å². The highest BCUT2D eigenvalue weighted by molar-refractivity contribution is 6.32. The summed E-state index contributed by atoms with van der Waals surface area (Å²) in [6, 6.07) is 4.68. The number of benzene rings is 1. The predicted octanol–water partition coefficient (Wildman–Crippen LogP) is 2.43. The zero-order valence-electron chi connectivity index (χ0n) is 11.4. The topological polar surface area (TPSA) is 66.8 Å². The number of carboxylic acids is 1. The molecule has 20 heavy (non-hydrogen) atoms. The van der Waals surface area contributed by atoms with E-state index < -0.39 is 11.5 Å². The minimum Gasteiger partial charge on any atom is -0.495 e. The summed E-state index contributed by atoms with van der Waals surface area (Å²) in [5, 5.41) is 9.75. The summed E-state index contributed by atoms with van der Waals surface area (Å²) in [6.45, 7) is 2.01. The van der Waals surface area contributed by atoms with Crippen LogP contribution >= 0.6 is 11.6 Å². The Morgan fingerprint density at radius 2 is 2.15 bits per heavy atom. The molecule has 1 heterocycles. The van der Waals surface area contributed by atoms with E-state index in [1.807, 2.05) is 0 Å². The van der Waals surface area contributed by atoms with E-state index in [1.54, 1.807) is 19.1 Å². The molecule has 108 valence electrons. The van der Waals surface area contributed by atoms with Crippen molar-refractivity contribution in [3.63, 3.8) is 0 Å². The van der Waals surface area contributed by atoms with Gasteiger partial charge in [-0.2, -0.15) is 0 Å². The van der Waals surface area contributed by atoms with Gasteiger partial charge in [-0.15, -0.1) is 0 Å². The lowest BCUT2D eigenvalue weighted by Gasteiger charge is -2.31. The van der Waals surface area contributed by atoms with E-state index >= 15 is 0 Å². The Morgan fingerprint density at radius 1 is 1.45 bits per heavy atom. The quantitative estimate of drug-likeness (QED) is 0.930. The van der Waals surface area contributed by atoms with Crippen LogP contribution in [0.4, 0.5) is 0 Å². The van der Waals surface area contributed by atoms with E-state index in [-0.39, 0.29) is 5.91 Å². The lowest BCUT2D eigenvalue weighted by Crippen LogP contribution is -2.50. The average molecular weight is 298 g/mol. The first kappa shape index (κ1) is 14.7. The number of carbonyl (C=O) groups excluding carboxylic acids is 1. The van der Waals surface area contributed by atoms with Gasteiger partial charge in [0.2, 0.25) is 0 Å². The summed E-state index contributed by atoms with van der Waals surface area (Å²) < 4.78 is 5.08. The molecule has 1 aromatic rings. The van der Waals surface area contributed by atoms with Crippen molar-refractivity contribution < 1.29 is 19.4 Å². The number of methoxy groups -OCH3 is 1. The smallest absolute Gasteiger partial charge is 0.329 e. The fourth-order valence-electron chi connectivity index (χ4n) is 2.46.